The zero-order valence-corrected chi connectivity index (χ0v) is 15.8. The lowest BCUT2D eigenvalue weighted by atomic mass is 10.1. The van der Waals surface area contributed by atoms with Crippen molar-refractivity contribution in [2.45, 2.75) is 31.4 Å². The van der Waals surface area contributed by atoms with Crippen LogP contribution in [0.1, 0.15) is 30.9 Å². The van der Waals surface area contributed by atoms with Crippen LogP contribution >= 0.6 is 24.8 Å². The second kappa shape index (κ2) is 12.5. The number of rotatable bonds is 8. The van der Waals surface area contributed by atoms with Crippen molar-refractivity contribution >= 4 is 30.7 Å². The second-order valence-electron chi connectivity index (χ2n) is 5.84. The van der Waals surface area contributed by atoms with E-state index in [-0.39, 0.29) is 42.9 Å². The number of amides is 1. The molecule has 1 saturated heterocycles. The molecule has 1 aliphatic rings. The van der Waals surface area contributed by atoms with Crippen LogP contribution in [0.4, 0.5) is 0 Å². The maximum Gasteiger partial charge on any atom is 0.223 e. The number of halogens is 2. The molecule has 1 fully saturated rings. The van der Waals surface area contributed by atoms with Crippen molar-refractivity contribution < 1.29 is 9.53 Å². The van der Waals surface area contributed by atoms with Gasteiger partial charge in [0, 0.05) is 20.2 Å². The molecule has 1 aromatic rings. The van der Waals surface area contributed by atoms with E-state index in [0.717, 1.165) is 25.2 Å². The summed E-state index contributed by atoms with van der Waals surface area (Å²) in [7, 11) is 1.59. The van der Waals surface area contributed by atoms with Gasteiger partial charge in [-0.15, -0.1) is 24.8 Å². The van der Waals surface area contributed by atoms with E-state index in [2.05, 4.69) is 22.3 Å². The molecule has 1 heterocycles. The molecule has 2 unspecified atom stereocenters. The van der Waals surface area contributed by atoms with Gasteiger partial charge in [-0.3, -0.25) is 4.79 Å². The van der Waals surface area contributed by atoms with Gasteiger partial charge in [0.2, 0.25) is 5.91 Å². The van der Waals surface area contributed by atoms with Gasteiger partial charge >= 0.3 is 0 Å². The van der Waals surface area contributed by atoms with E-state index in [1.165, 1.54) is 12.8 Å². The average molecular weight is 378 g/mol. The highest BCUT2D eigenvalue weighted by Crippen LogP contribution is 2.18. The van der Waals surface area contributed by atoms with Gasteiger partial charge in [-0.05, 0) is 31.5 Å². The molecule has 2 atom stereocenters. The van der Waals surface area contributed by atoms with Gasteiger partial charge in [0.25, 0.3) is 0 Å². The minimum absolute atomic E-state index is 0. The first kappa shape index (κ1) is 23.1. The lowest BCUT2D eigenvalue weighted by molar-refractivity contribution is -0.124. The van der Waals surface area contributed by atoms with Crippen molar-refractivity contribution in [1.29, 1.82) is 0 Å². The number of likely N-dealkylation sites (tertiary alicyclic amines) is 1. The molecule has 0 saturated carbocycles. The standard InChI is InChI=1S/C17H27N3O2.2ClH/c1-22-15(12-18)11-17(21)19-16(13-20-9-5-6-10-20)14-7-3-2-4-8-14;;/h2-4,7-8,15-16H,5-6,9-13,18H2,1H3,(H,19,21);2*1H. The number of nitrogens with zero attached hydrogens (tertiary/aromatic N) is 1. The van der Waals surface area contributed by atoms with Crippen LogP contribution in [0.2, 0.25) is 0 Å². The highest BCUT2D eigenvalue weighted by molar-refractivity contribution is 5.85. The van der Waals surface area contributed by atoms with Crippen molar-refractivity contribution in [2.75, 3.05) is 33.3 Å². The lowest BCUT2D eigenvalue weighted by Crippen LogP contribution is -2.39. The second-order valence-corrected chi connectivity index (χ2v) is 5.84. The monoisotopic (exact) mass is 377 g/mol. The first-order chi connectivity index (χ1) is 10.7. The molecular weight excluding hydrogens is 349 g/mol. The quantitative estimate of drug-likeness (QED) is 0.728. The highest BCUT2D eigenvalue weighted by Gasteiger charge is 2.21. The molecule has 7 heteroatoms. The fourth-order valence-electron chi connectivity index (χ4n) is 2.87. The van der Waals surface area contributed by atoms with E-state index in [1.807, 2.05) is 18.2 Å². The van der Waals surface area contributed by atoms with E-state index in [9.17, 15) is 4.79 Å². The summed E-state index contributed by atoms with van der Waals surface area (Å²) in [5, 5.41) is 3.14. The van der Waals surface area contributed by atoms with Crippen molar-refractivity contribution in [2.24, 2.45) is 5.73 Å². The molecule has 1 aromatic carbocycles. The number of hydrogen-bond donors (Lipinski definition) is 2. The molecule has 5 nitrogen and oxygen atoms in total. The molecule has 3 N–H and O–H groups in total. The summed E-state index contributed by atoms with van der Waals surface area (Å²) in [4.78, 5) is 14.7. The Labute approximate surface area is 157 Å². The topological polar surface area (TPSA) is 67.6 Å². The smallest absolute Gasteiger partial charge is 0.223 e. The Hall–Kier alpha value is -0.850. The Morgan fingerprint density at radius 2 is 1.88 bits per heavy atom. The fourth-order valence-corrected chi connectivity index (χ4v) is 2.87. The van der Waals surface area contributed by atoms with E-state index >= 15 is 0 Å². The van der Waals surface area contributed by atoms with E-state index in [0.29, 0.717) is 13.0 Å². The third kappa shape index (κ3) is 7.36. The summed E-state index contributed by atoms with van der Waals surface area (Å²) in [6.07, 6.45) is 2.57. The van der Waals surface area contributed by atoms with Crippen LogP contribution in [0.5, 0.6) is 0 Å². The summed E-state index contributed by atoms with van der Waals surface area (Å²) in [5.41, 5.74) is 6.74. The number of ether oxygens (including phenoxy) is 1. The molecule has 1 amide bonds. The number of nitrogens with one attached hydrogen (secondary N) is 1. The molecule has 138 valence electrons. The van der Waals surface area contributed by atoms with Gasteiger partial charge in [-0.25, -0.2) is 0 Å². The Morgan fingerprint density at radius 1 is 1.25 bits per heavy atom. The molecule has 0 spiro atoms. The first-order valence-corrected chi connectivity index (χ1v) is 8.02. The van der Waals surface area contributed by atoms with Gasteiger partial charge in [0.1, 0.15) is 0 Å². The summed E-state index contributed by atoms with van der Waals surface area (Å²) in [5.74, 6) is -0.00894. The minimum atomic E-state index is -0.219. The van der Waals surface area contributed by atoms with E-state index in [4.69, 9.17) is 10.5 Å². The number of carbonyl (C=O) groups excluding carboxylic acids is 1. The fraction of sp³-hybridized carbons (Fsp3) is 0.588. The summed E-state index contributed by atoms with van der Waals surface area (Å²) < 4.78 is 5.19. The zero-order chi connectivity index (χ0) is 15.8. The number of methoxy groups -OCH3 is 1. The first-order valence-electron chi connectivity index (χ1n) is 8.02. The number of carbonyl (C=O) groups is 1. The molecule has 0 aliphatic carbocycles. The Bertz CT molecular complexity index is 452. The average Bonchev–Trinajstić information content (AvgIpc) is 3.06. The number of benzene rings is 1. The van der Waals surface area contributed by atoms with Gasteiger partial charge < -0.3 is 20.7 Å². The van der Waals surface area contributed by atoms with Crippen molar-refractivity contribution in [1.82, 2.24) is 10.2 Å². The van der Waals surface area contributed by atoms with Crippen LogP contribution in [-0.4, -0.2) is 50.2 Å². The normalized spacial score (nSPS) is 16.6. The zero-order valence-electron chi connectivity index (χ0n) is 14.1. The van der Waals surface area contributed by atoms with Crippen molar-refractivity contribution in [3.05, 3.63) is 35.9 Å². The number of hydrogen-bond acceptors (Lipinski definition) is 4. The van der Waals surface area contributed by atoms with Crippen LogP contribution in [0, 0.1) is 0 Å². The predicted molar refractivity (Wildman–Crippen MR) is 102 cm³/mol. The highest BCUT2D eigenvalue weighted by atomic mass is 35.5. The largest absolute Gasteiger partial charge is 0.380 e. The number of nitrogens with two attached hydrogens (primary N) is 1. The minimum Gasteiger partial charge on any atom is -0.380 e. The molecule has 24 heavy (non-hydrogen) atoms. The molecular formula is C17H29Cl2N3O2. The summed E-state index contributed by atoms with van der Waals surface area (Å²) in [6, 6.07) is 10.2. The Balaban J connectivity index is 0.00000264. The van der Waals surface area contributed by atoms with Gasteiger partial charge in [0.15, 0.2) is 0 Å². The van der Waals surface area contributed by atoms with Crippen molar-refractivity contribution in [3.63, 3.8) is 0 Å². The maximum absolute atomic E-state index is 12.3. The predicted octanol–water partition coefficient (Wildman–Crippen LogP) is 2.15. The SMILES string of the molecule is COC(CN)CC(=O)NC(CN1CCCC1)c1ccccc1.Cl.Cl. The van der Waals surface area contributed by atoms with E-state index in [1.54, 1.807) is 7.11 Å². The van der Waals surface area contributed by atoms with Crippen LogP contribution in [-0.2, 0) is 9.53 Å². The maximum atomic E-state index is 12.3. The molecule has 0 bridgehead atoms. The van der Waals surface area contributed by atoms with Gasteiger partial charge in [-0.1, -0.05) is 30.3 Å². The molecule has 2 rings (SSSR count). The van der Waals surface area contributed by atoms with E-state index < -0.39 is 0 Å². The summed E-state index contributed by atoms with van der Waals surface area (Å²) in [6.45, 7) is 3.44. The van der Waals surface area contributed by atoms with Crippen LogP contribution < -0.4 is 11.1 Å². The van der Waals surface area contributed by atoms with Gasteiger partial charge in [0.05, 0.1) is 18.6 Å². The third-order valence-electron chi connectivity index (χ3n) is 4.19. The molecule has 0 radical (unpaired) electrons. The Kier molecular flexibility index (Phi) is 12.1. The van der Waals surface area contributed by atoms with Crippen molar-refractivity contribution in [3.8, 4) is 0 Å². The molecule has 1 aliphatic heterocycles. The van der Waals surface area contributed by atoms with Crippen LogP contribution in [0.3, 0.4) is 0 Å². The Morgan fingerprint density at radius 3 is 2.42 bits per heavy atom. The van der Waals surface area contributed by atoms with Crippen LogP contribution in [0.25, 0.3) is 0 Å². The third-order valence-corrected chi connectivity index (χ3v) is 4.19. The lowest BCUT2D eigenvalue weighted by Gasteiger charge is -2.25. The van der Waals surface area contributed by atoms with Gasteiger partial charge in [-0.2, -0.15) is 0 Å². The summed E-state index contributed by atoms with van der Waals surface area (Å²) >= 11 is 0. The van der Waals surface area contributed by atoms with Crippen LogP contribution in [0.15, 0.2) is 30.3 Å². The molecule has 0 aromatic heterocycles.